The zero-order valence-corrected chi connectivity index (χ0v) is 20.3. The van der Waals surface area contributed by atoms with Gasteiger partial charge in [0.25, 0.3) is 0 Å². The van der Waals surface area contributed by atoms with E-state index in [0.717, 1.165) is 30.5 Å². The lowest BCUT2D eigenvalue weighted by atomic mass is 9.86. The zero-order valence-electron chi connectivity index (χ0n) is 20.3. The number of ether oxygens (including phenoxy) is 1. The number of hydrogen-bond acceptors (Lipinski definition) is 3. The van der Waals surface area contributed by atoms with E-state index in [1.165, 1.54) is 95.5 Å². The minimum Gasteiger partial charge on any atom is -0.494 e. The van der Waals surface area contributed by atoms with Gasteiger partial charge in [-0.15, -0.1) is 0 Å². The molecule has 0 aliphatic heterocycles. The van der Waals surface area contributed by atoms with Gasteiger partial charge in [-0.2, -0.15) is 0 Å². The number of nitrogens with zero attached hydrogens (tertiary/aromatic N) is 2. The van der Waals surface area contributed by atoms with Crippen LogP contribution in [0.5, 0.6) is 5.75 Å². The van der Waals surface area contributed by atoms with Crippen LogP contribution in [0, 0.1) is 5.92 Å². The SMILES string of the molecule is CCCCCCCC(Cc1ncccn1)c1ccc(OCCCCC2CCCCC2)cc1. The Hall–Kier alpha value is -1.90. The molecule has 1 aromatic heterocycles. The van der Waals surface area contributed by atoms with Gasteiger partial charge in [0.1, 0.15) is 11.6 Å². The predicted octanol–water partition coefficient (Wildman–Crippen LogP) is 8.29. The molecule has 32 heavy (non-hydrogen) atoms. The van der Waals surface area contributed by atoms with E-state index in [2.05, 4.69) is 41.2 Å². The fraction of sp³-hybridized carbons (Fsp3) is 0.655. The van der Waals surface area contributed by atoms with Crippen molar-refractivity contribution in [1.29, 1.82) is 0 Å². The summed E-state index contributed by atoms with van der Waals surface area (Å²) >= 11 is 0. The van der Waals surface area contributed by atoms with Gasteiger partial charge in [-0.3, -0.25) is 0 Å². The highest BCUT2D eigenvalue weighted by molar-refractivity contribution is 5.30. The second-order valence-electron chi connectivity index (χ2n) is 9.69. The van der Waals surface area contributed by atoms with Crippen molar-refractivity contribution >= 4 is 0 Å². The van der Waals surface area contributed by atoms with E-state index in [1.807, 2.05) is 18.5 Å². The third kappa shape index (κ3) is 9.30. The summed E-state index contributed by atoms with van der Waals surface area (Å²) in [6.45, 7) is 3.11. The second kappa shape index (κ2) is 15.0. The maximum atomic E-state index is 6.05. The Labute approximate surface area is 196 Å². The van der Waals surface area contributed by atoms with Crippen molar-refractivity contribution in [2.75, 3.05) is 6.61 Å². The number of aromatic nitrogens is 2. The van der Waals surface area contributed by atoms with Crippen LogP contribution < -0.4 is 4.74 Å². The summed E-state index contributed by atoms with van der Waals surface area (Å²) in [5.74, 6) is 3.41. The van der Waals surface area contributed by atoms with Crippen molar-refractivity contribution in [3.8, 4) is 5.75 Å². The molecule has 1 aliphatic carbocycles. The molecule has 176 valence electrons. The molecule has 0 saturated heterocycles. The Morgan fingerprint density at radius 2 is 1.62 bits per heavy atom. The first kappa shape index (κ1) is 24.7. The molecule has 3 heteroatoms. The summed E-state index contributed by atoms with van der Waals surface area (Å²) < 4.78 is 6.05. The van der Waals surface area contributed by atoms with Crippen molar-refractivity contribution < 1.29 is 4.74 Å². The van der Waals surface area contributed by atoms with E-state index < -0.39 is 0 Å². The average Bonchev–Trinajstić information content (AvgIpc) is 2.85. The summed E-state index contributed by atoms with van der Waals surface area (Å²) in [4.78, 5) is 8.95. The van der Waals surface area contributed by atoms with E-state index in [1.54, 1.807) is 0 Å². The van der Waals surface area contributed by atoms with Crippen LogP contribution in [0.3, 0.4) is 0 Å². The van der Waals surface area contributed by atoms with Crippen molar-refractivity contribution in [2.24, 2.45) is 5.92 Å². The molecular weight excluding hydrogens is 392 g/mol. The van der Waals surface area contributed by atoms with Crippen LogP contribution in [0.25, 0.3) is 0 Å². The minimum absolute atomic E-state index is 0.476. The topological polar surface area (TPSA) is 35.0 Å². The van der Waals surface area contributed by atoms with Crippen LogP contribution >= 0.6 is 0 Å². The second-order valence-corrected chi connectivity index (χ2v) is 9.69. The maximum absolute atomic E-state index is 6.05. The Morgan fingerprint density at radius 3 is 2.38 bits per heavy atom. The minimum atomic E-state index is 0.476. The van der Waals surface area contributed by atoms with Crippen LogP contribution in [0.4, 0.5) is 0 Å². The fourth-order valence-corrected chi connectivity index (χ4v) is 5.07. The molecule has 1 saturated carbocycles. The Balaban J connectivity index is 1.44. The van der Waals surface area contributed by atoms with Crippen molar-refractivity contribution in [3.05, 3.63) is 54.1 Å². The van der Waals surface area contributed by atoms with Crippen molar-refractivity contribution in [3.63, 3.8) is 0 Å². The average molecular weight is 437 g/mol. The highest BCUT2D eigenvalue weighted by Crippen LogP contribution is 2.29. The molecule has 0 N–H and O–H groups in total. The fourth-order valence-electron chi connectivity index (χ4n) is 5.07. The Bertz CT molecular complexity index is 710. The van der Waals surface area contributed by atoms with Crippen molar-refractivity contribution in [2.45, 2.75) is 109 Å². The number of unbranched alkanes of at least 4 members (excludes halogenated alkanes) is 5. The van der Waals surface area contributed by atoms with Crippen LogP contribution in [0.2, 0.25) is 0 Å². The third-order valence-corrected chi connectivity index (χ3v) is 7.06. The van der Waals surface area contributed by atoms with Gasteiger partial charge in [0, 0.05) is 18.8 Å². The summed E-state index contributed by atoms with van der Waals surface area (Å²) in [7, 11) is 0. The Morgan fingerprint density at radius 1 is 0.875 bits per heavy atom. The lowest BCUT2D eigenvalue weighted by Crippen LogP contribution is -2.07. The van der Waals surface area contributed by atoms with Crippen LogP contribution in [0.1, 0.15) is 114 Å². The van der Waals surface area contributed by atoms with Crippen LogP contribution in [-0.2, 0) is 6.42 Å². The first-order valence-electron chi connectivity index (χ1n) is 13.3. The highest BCUT2D eigenvalue weighted by Gasteiger charge is 2.15. The molecule has 3 rings (SSSR count). The molecule has 1 aliphatic rings. The maximum Gasteiger partial charge on any atom is 0.128 e. The van der Waals surface area contributed by atoms with Crippen LogP contribution in [-0.4, -0.2) is 16.6 Å². The molecule has 1 unspecified atom stereocenters. The summed E-state index contributed by atoms with van der Waals surface area (Å²) in [6.07, 6.45) is 23.5. The molecule has 1 atom stereocenters. The lowest BCUT2D eigenvalue weighted by Gasteiger charge is -2.21. The van der Waals surface area contributed by atoms with Gasteiger partial charge >= 0.3 is 0 Å². The van der Waals surface area contributed by atoms with E-state index in [9.17, 15) is 0 Å². The molecule has 0 radical (unpaired) electrons. The zero-order chi connectivity index (χ0) is 22.3. The normalized spacial score (nSPS) is 15.5. The molecule has 0 spiro atoms. The monoisotopic (exact) mass is 436 g/mol. The standard InChI is InChI=1S/C29H44N2O/c1-2-3-4-5-9-16-27(24-29-30-21-12-22-31-29)26-17-19-28(20-18-26)32-23-11-10-15-25-13-7-6-8-14-25/h12,17-22,25,27H,2-11,13-16,23-24H2,1H3. The molecule has 1 heterocycles. The highest BCUT2D eigenvalue weighted by atomic mass is 16.5. The van der Waals surface area contributed by atoms with E-state index in [0.29, 0.717) is 5.92 Å². The van der Waals surface area contributed by atoms with Gasteiger partial charge in [0.15, 0.2) is 0 Å². The van der Waals surface area contributed by atoms with Gasteiger partial charge in [0.2, 0.25) is 0 Å². The van der Waals surface area contributed by atoms with Crippen LogP contribution in [0.15, 0.2) is 42.7 Å². The van der Waals surface area contributed by atoms with Gasteiger partial charge < -0.3 is 4.74 Å². The number of rotatable bonds is 15. The predicted molar refractivity (Wildman–Crippen MR) is 134 cm³/mol. The van der Waals surface area contributed by atoms with Gasteiger partial charge in [0.05, 0.1) is 6.61 Å². The van der Waals surface area contributed by atoms with E-state index in [-0.39, 0.29) is 0 Å². The smallest absolute Gasteiger partial charge is 0.128 e. The third-order valence-electron chi connectivity index (χ3n) is 7.06. The molecule has 0 amide bonds. The quantitative estimate of drug-likeness (QED) is 0.263. The van der Waals surface area contributed by atoms with Gasteiger partial charge in [-0.25, -0.2) is 9.97 Å². The number of benzene rings is 1. The molecule has 3 nitrogen and oxygen atoms in total. The van der Waals surface area contributed by atoms with Gasteiger partial charge in [-0.05, 0) is 54.9 Å². The first-order chi connectivity index (χ1) is 15.8. The van der Waals surface area contributed by atoms with E-state index in [4.69, 9.17) is 4.74 Å². The lowest BCUT2D eigenvalue weighted by molar-refractivity contribution is 0.283. The summed E-state index contributed by atoms with van der Waals surface area (Å²) in [6, 6.07) is 10.7. The molecule has 0 bridgehead atoms. The summed E-state index contributed by atoms with van der Waals surface area (Å²) in [5, 5.41) is 0. The first-order valence-corrected chi connectivity index (χ1v) is 13.3. The molecule has 2 aromatic rings. The van der Waals surface area contributed by atoms with Gasteiger partial charge in [-0.1, -0.05) is 89.7 Å². The largest absolute Gasteiger partial charge is 0.494 e. The van der Waals surface area contributed by atoms with Crippen molar-refractivity contribution in [1.82, 2.24) is 9.97 Å². The molecular formula is C29H44N2O. The number of hydrogen-bond donors (Lipinski definition) is 0. The molecule has 1 aromatic carbocycles. The summed E-state index contributed by atoms with van der Waals surface area (Å²) in [5.41, 5.74) is 1.39. The van der Waals surface area contributed by atoms with E-state index >= 15 is 0 Å². The Kier molecular flexibility index (Phi) is 11.6. The molecule has 1 fully saturated rings.